The van der Waals surface area contributed by atoms with Gasteiger partial charge in [-0.2, -0.15) is 13.2 Å². The van der Waals surface area contributed by atoms with Crippen molar-refractivity contribution < 1.29 is 27.8 Å². The second kappa shape index (κ2) is 6.62. The Morgan fingerprint density at radius 1 is 1.40 bits per heavy atom. The van der Waals surface area contributed by atoms with Crippen molar-refractivity contribution >= 4 is 5.91 Å². The third-order valence-corrected chi connectivity index (χ3v) is 1.68. The monoisotopic (exact) mass is 229 g/mol. The first-order valence-corrected chi connectivity index (χ1v) is 4.39. The summed E-state index contributed by atoms with van der Waals surface area (Å²) in [5.41, 5.74) is 0. The van der Waals surface area contributed by atoms with Gasteiger partial charge in [-0.3, -0.25) is 4.79 Å². The van der Waals surface area contributed by atoms with Gasteiger partial charge in [0, 0.05) is 26.8 Å². The maximum absolute atomic E-state index is 12.0. The number of rotatable bonds is 6. The first-order valence-electron chi connectivity index (χ1n) is 4.39. The van der Waals surface area contributed by atoms with Crippen LogP contribution in [0.25, 0.3) is 0 Å². The Morgan fingerprint density at radius 2 is 2.00 bits per heavy atom. The van der Waals surface area contributed by atoms with Crippen molar-refractivity contribution in [1.82, 2.24) is 4.90 Å². The van der Waals surface area contributed by atoms with E-state index in [1.807, 2.05) is 0 Å². The van der Waals surface area contributed by atoms with E-state index in [2.05, 4.69) is 4.74 Å². The Labute approximate surface area is 85.6 Å². The van der Waals surface area contributed by atoms with Gasteiger partial charge in [-0.15, -0.1) is 0 Å². The van der Waals surface area contributed by atoms with Gasteiger partial charge in [0.15, 0.2) is 0 Å². The lowest BCUT2D eigenvalue weighted by Gasteiger charge is -2.22. The summed E-state index contributed by atoms with van der Waals surface area (Å²) in [6, 6.07) is 0. The second-order valence-electron chi connectivity index (χ2n) is 2.86. The van der Waals surface area contributed by atoms with Gasteiger partial charge in [0.1, 0.15) is 0 Å². The van der Waals surface area contributed by atoms with Crippen LogP contribution in [0, 0.1) is 0 Å². The van der Waals surface area contributed by atoms with Crippen molar-refractivity contribution in [3.63, 3.8) is 0 Å². The largest absolute Gasteiger partial charge is 0.471 e. The number of aliphatic hydroxyl groups excluding tert-OH is 1. The highest BCUT2D eigenvalue weighted by Gasteiger charge is 2.41. The summed E-state index contributed by atoms with van der Waals surface area (Å²) in [4.78, 5) is 11.4. The fraction of sp³-hybridized carbons (Fsp3) is 0.875. The van der Waals surface area contributed by atoms with Gasteiger partial charge in [0.05, 0.1) is 6.61 Å². The molecule has 0 fully saturated rings. The molecule has 0 aliphatic carbocycles. The Kier molecular flexibility index (Phi) is 6.26. The maximum Gasteiger partial charge on any atom is 0.471 e. The summed E-state index contributed by atoms with van der Waals surface area (Å²) in [6.07, 6.45) is -4.58. The number of methoxy groups -OCH3 is 1. The number of hydrogen-bond donors (Lipinski definition) is 1. The molecule has 0 atom stereocenters. The predicted octanol–water partition coefficient (Wildman–Crippen LogP) is 0.406. The Balaban J connectivity index is 4.19. The predicted molar refractivity (Wildman–Crippen MR) is 46.2 cm³/mol. The summed E-state index contributed by atoms with van der Waals surface area (Å²) < 4.78 is 40.7. The minimum atomic E-state index is -4.89. The molecule has 0 saturated carbocycles. The Hall–Kier alpha value is -0.820. The minimum Gasteiger partial charge on any atom is -0.395 e. The van der Waals surface area contributed by atoms with Gasteiger partial charge in [0.2, 0.25) is 0 Å². The summed E-state index contributed by atoms with van der Waals surface area (Å²) in [7, 11) is 1.42. The summed E-state index contributed by atoms with van der Waals surface area (Å²) in [6.45, 7) is -0.614. The molecule has 0 bridgehead atoms. The van der Waals surface area contributed by atoms with Crippen molar-refractivity contribution in [3.05, 3.63) is 0 Å². The maximum atomic E-state index is 12.0. The average Bonchev–Trinajstić information content (AvgIpc) is 2.14. The van der Waals surface area contributed by atoms with Gasteiger partial charge in [-0.1, -0.05) is 0 Å². The molecule has 0 aromatic carbocycles. The van der Waals surface area contributed by atoms with Crippen LogP contribution in [-0.2, 0) is 9.53 Å². The third kappa shape index (κ3) is 5.58. The normalized spacial score (nSPS) is 11.5. The van der Waals surface area contributed by atoms with Gasteiger partial charge >= 0.3 is 12.1 Å². The molecule has 0 radical (unpaired) electrons. The molecular weight excluding hydrogens is 215 g/mol. The van der Waals surface area contributed by atoms with Crippen LogP contribution in [0.1, 0.15) is 6.42 Å². The van der Waals surface area contributed by atoms with Crippen molar-refractivity contribution in [2.45, 2.75) is 12.6 Å². The van der Waals surface area contributed by atoms with Gasteiger partial charge in [-0.25, -0.2) is 0 Å². The molecule has 7 heteroatoms. The number of carbonyl (C=O) groups excluding carboxylic acids is 1. The molecule has 0 aliphatic rings. The average molecular weight is 229 g/mol. The smallest absolute Gasteiger partial charge is 0.395 e. The first-order chi connectivity index (χ1) is 6.93. The van der Waals surface area contributed by atoms with Gasteiger partial charge in [0.25, 0.3) is 0 Å². The van der Waals surface area contributed by atoms with Crippen LogP contribution in [0.15, 0.2) is 0 Å². The van der Waals surface area contributed by atoms with Crippen LogP contribution in [0.3, 0.4) is 0 Å². The summed E-state index contributed by atoms with van der Waals surface area (Å²) >= 11 is 0. The topological polar surface area (TPSA) is 49.8 Å². The van der Waals surface area contributed by atoms with Crippen LogP contribution in [0.5, 0.6) is 0 Å². The van der Waals surface area contributed by atoms with Crippen LogP contribution in [-0.4, -0.2) is 55.5 Å². The van der Waals surface area contributed by atoms with E-state index in [0.29, 0.717) is 11.3 Å². The van der Waals surface area contributed by atoms with E-state index in [9.17, 15) is 18.0 Å². The Bertz CT molecular complexity index is 196. The number of alkyl halides is 3. The number of ether oxygens (including phenoxy) is 1. The minimum absolute atomic E-state index is 0.0766. The number of hydrogen-bond acceptors (Lipinski definition) is 3. The van der Waals surface area contributed by atoms with Gasteiger partial charge in [-0.05, 0) is 6.42 Å². The van der Waals surface area contributed by atoms with Crippen LogP contribution in [0.4, 0.5) is 13.2 Å². The van der Waals surface area contributed by atoms with E-state index in [1.165, 1.54) is 7.11 Å². The van der Waals surface area contributed by atoms with Gasteiger partial charge < -0.3 is 14.7 Å². The van der Waals surface area contributed by atoms with E-state index < -0.39 is 18.7 Å². The van der Waals surface area contributed by atoms with Crippen molar-refractivity contribution in [1.29, 1.82) is 0 Å². The standard InChI is InChI=1S/C8H14F3NO3/c1-15-6-2-3-12(4-5-13)7(14)8(9,10)11/h13H,2-6H2,1H3. The van der Waals surface area contributed by atoms with Crippen molar-refractivity contribution in [2.24, 2.45) is 0 Å². The SMILES string of the molecule is COCCCN(CCO)C(=O)C(F)(F)F. The Morgan fingerprint density at radius 3 is 2.40 bits per heavy atom. The number of nitrogens with zero attached hydrogens (tertiary/aromatic N) is 1. The molecule has 15 heavy (non-hydrogen) atoms. The number of amides is 1. The fourth-order valence-corrected chi connectivity index (χ4v) is 1.01. The molecule has 0 aliphatic heterocycles. The zero-order chi connectivity index (χ0) is 11.9. The third-order valence-electron chi connectivity index (χ3n) is 1.68. The molecule has 0 spiro atoms. The molecule has 0 aromatic heterocycles. The molecule has 0 aromatic rings. The van der Waals surface area contributed by atoms with Crippen LogP contribution in [0.2, 0.25) is 0 Å². The second-order valence-corrected chi connectivity index (χ2v) is 2.86. The van der Waals surface area contributed by atoms with E-state index in [0.717, 1.165) is 0 Å². The fourth-order valence-electron chi connectivity index (χ4n) is 1.01. The van der Waals surface area contributed by atoms with Crippen molar-refractivity contribution in [2.75, 3.05) is 33.4 Å². The molecule has 0 rings (SSSR count). The number of carbonyl (C=O) groups is 1. The van der Waals surface area contributed by atoms with E-state index in [-0.39, 0.29) is 19.7 Å². The zero-order valence-electron chi connectivity index (χ0n) is 8.38. The molecule has 90 valence electrons. The lowest BCUT2D eigenvalue weighted by Crippen LogP contribution is -2.43. The van der Waals surface area contributed by atoms with E-state index >= 15 is 0 Å². The highest BCUT2D eigenvalue weighted by Crippen LogP contribution is 2.18. The lowest BCUT2D eigenvalue weighted by molar-refractivity contribution is -0.186. The summed E-state index contributed by atoms with van der Waals surface area (Å²) in [5, 5.41) is 8.52. The number of aliphatic hydroxyl groups is 1. The lowest BCUT2D eigenvalue weighted by atomic mass is 10.3. The van der Waals surface area contributed by atoms with E-state index in [4.69, 9.17) is 5.11 Å². The summed E-state index contributed by atoms with van der Waals surface area (Å²) in [5.74, 6) is -1.92. The van der Waals surface area contributed by atoms with Crippen LogP contribution < -0.4 is 0 Å². The molecular formula is C8H14F3NO3. The zero-order valence-corrected chi connectivity index (χ0v) is 8.38. The number of halogens is 3. The molecule has 0 saturated heterocycles. The molecule has 1 amide bonds. The molecule has 1 N–H and O–H groups in total. The molecule has 0 heterocycles. The van der Waals surface area contributed by atoms with E-state index in [1.54, 1.807) is 0 Å². The van der Waals surface area contributed by atoms with Crippen molar-refractivity contribution in [3.8, 4) is 0 Å². The quantitative estimate of drug-likeness (QED) is 0.671. The highest BCUT2D eigenvalue weighted by molar-refractivity contribution is 5.81. The molecule has 4 nitrogen and oxygen atoms in total. The first kappa shape index (κ1) is 14.2. The molecule has 0 unspecified atom stereocenters. The highest BCUT2D eigenvalue weighted by atomic mass is 19.4. The van der Waals surface area contributed by atoms with Crippen LogP contribution >= 0.6 is 0 Å².